The van der Waals surface area contributed by atoms with Gasteiger partial charge in [-0.05, 0) is 34.1 Å². The van der Waals surface area contributed by atoms with Crippen LogP contribution in [0.4, 0.5) is 11.4 Å². The summed E-state index contributed by atoms with van der Waals surface area (Å²) in [6, 6.07) is 6.60. The van der Waals surface area contributed by atoms with Crippen molar-refractivity contribution in [1.29, 1.82) is 0 Å². The molecule has 0 aliphatic carbocycles. The third kappa shape index (κ3) is 3.20. The molecule has 0 bridgehead atoms. The standard InChI is InChI=1S/C11H8BrClN2O4S2/c1-14(7-2-4-8(5-3-7)15(16)17)21(18,19)10-6-9(13)11(12)20-10/h2-6H,1H3. The van der Waals surface area contributed by atoms with E-state index in [1.807, 2.05) is 0 Å². The SMILES string of the molecule is CN(c1ccc([N+](=O)[O-])cc1)S(=O)(=O)c1cc(Cl)c(Br)s1. The number of hydrogen-bond acceptors (Lipinski definition) is 5. The van der Waals surface area contributed by atoms with E-state index in [2.05, 4.69) is 15.9 Å². The van der Waals surface area contributed by atoms with Gasteiger partial charge in [-0.15, -0.1) is 11.3 Å². The van der Waals surface area contributed by atoms with Gasteiger partial charge in [0.1, 0.15) is 4.21 Å². The van der Waals surface area contributed by atoms with Crippen molar-refractivity contribution >= 4 is 60.3 Å². The molecule has 2 aromatic rings. The second-order valence-corrected chi connectivity index (χ2v) is 8.91. The van der Waals surface area contributed by atoms with Gasteiger partial charge in [-0.2, -0.15) is 0 Å². The van der Waals surface area contributed by atoms with Gasteiger partial charge in [-0.3, -0.25) is 14.4 Å². The molecule has 2 rings (SSSR count). The van der Waals surface area contributed by atoms with Crippen LogP contribution in [0.15, 0.2) is 38.3 Å². The maximum absolute atomic E-state index is 12.4. The Balaban J connectivity index is 2.38. The topological polar surface area (TPSA) is 80.5 Å². The van der Waals surface area contributed by atoms with Gasteiger partial charge in [-0.1, -0.05) is 11.6 Å². The molecule has 0 saturated heterocycles. The summed E-state index contributed by atoms with van der Waals surface area (Å²) < 4.78 is 26.5. The van der Waals surface area contributed by atoms with Crippen LogP contribution in [0.3, 0.4) is 0 Å². The van der Waals surface area contributed by atoms with Crippen molar-refractivity contribution in [3.8, 4) is 0 Å². The zero-order chi connectivity index (χ0) is 15.8. The monoisotopic (exact) mass is 410 g/mol. The molecule has 1 heterocycles. The molecule has 0 spiro atoms. The van der Waals surface area contributed by atoms with Crippen molar-refractivity contribution in [2.75, 3.05) is 11.4 Å². The molecule has 0 aliphatic rings. The van der Waals surface area contributed by atoms with E-state index in [0.717, 1.165) is 15.6 Å². The molecule has 0 atom stereocenters. The third-order valence-corrected chi connectivity index (χ3v) is 7.37. The highest BCUT2D eigenvalue weighted by Gasteiger charge is 2.25. The molecule has 21 heavy (non-hydrogen) atoms. The van der Waals surface area contributed by atoms with Crippen molar-refractivity contribution in [3.05, 3.63) is 49.3 Å². The van der Waals surface area contributed by atoms with Gasteiger partial charge >= 0.3 is 0 Å². The molecule has 112 valence electrons. The highest BCUT2D eigenvalue weighted by Crippen LogP contribution is 2.36. The summed E-state index contributed by atoms with van der Waals surface area (Å²) in [5.74, 6) is 0. The Kier molecular flexibility index (Phi) is 4.57. The fourth-order valence-electron chi connectivity index (χ4n) is 1.51. The van der Waals surface area contributed by atoms with Crippen molar-refractivity contribution in [3.63, 3.8) is 0 Å². The molecule has 0 N–H and O–H groups in total. The molecule has 1 aromatic carbocycles. The minimum Gasteiger partial charge on any atom is -0.269 e. The number of thiophene rings is 1. The highest BCUT2D eigenvalue weighted by atomic mass is 79.9. The van der Waals surface area contributed by atoms with Crippen molar-refractivity contribution < 1.29 is 13.3 Å². The van der Waals surface area contributed by atoms with Crippen LogP contribution in [-0.2, 0) is 10.0 Å². The van der Waals surface area contributed by atoms with Gasteiger partial charge in [0.25, 0.3) is 15.7 Å². The fraction of sp³-hybridized carbons (Fsp3) is 0.0909. The van der Waals surface area contributed by atoms with Gasteiger partial charge in [0, 0.05) is 19.2 Å². The van der Waals surface area contributed by atoms with Crippen LogP contribution in [0.1, 0.15) is 0 Å². The summed E-state index contributed by atoms with van der Waals surface area (Å²) in [6.45, 7) is 0. The average Bonchev–Trinajstić information content (AvgIpc) is 2.78. The van der Waals surface area contributed by atoms with Crippen LogP contribution in [0.25, 0.3) is 0 Å². The third-order valence-electron chi connectivity index (χ3n) is 2.66. The van der Waals surface area contributed by atoms with E-state index in [9.17, 15) is 18.5 Å². The average molecular weight is 412 g/mol. The molecule has 0 radical (unpaired) electrons. The molecular formula is C11H8BrClN2O4S2. The number of non-ortho nitro benzene ring substituents is 1. The lowest BCUT2D eigenvalue weighted by molar-refractivity contribution is -0.384. The van der Waals surface area contributed by atoms with E-state index in [1.165, 1.54) is 37.4 Å². The summed E-state index contributed by atoms with van der Waals surface area (Å²) in [7, 11) is -2.39. The first-order valence-electron chi connectivity index (χ1n) is 5.41. The van der Waals surface area contributed by atoms with E-state index < -0.39 is 14.9 Å². The Morgan fingerprint density at radius 1 is 1.33 bits per heavy atom. The summed E-state index contributed by atoms with van der Waals surface area (Å²) in [5.41, 5.74) is 0.215. The number of benzene rings is 1. The molecule has 0 fully saturated rings. The molecule has 0 unspecified atom stereocenters. The van der Waals surface area contributed by atoms with Crippen LogP contribution in [-0.4, -0.2) is 20.4 Å². The van der Waals surface area contributed by atoms with Crippen molar-refractivity contribution in [1.82, 2.24) is 0 Å². The van der Waals surface area contributed by atoms with E-state index in [-0.39, 0.29) is 9.90 Å². The molecular weight excluding hydrogens is 404 g/mol. The minimum absolute atomic E-state index is 0.0835. The molecule has 0 saturated carbocycles. The Hall–Kier alpha value is -1.16. The molecule has 6 nitrogen and oxygen atoms in total. The van der Waals surface area contributed by atoms with Crippen LogP contribution < -0.4 is 4.31 Å². The molecule has 0 aliphatic heterocycles. The maximum Gasteiger partial charge on any atom is 0.273 e. The zero-order valence-corrected chi connectivity index (χ0v) is 14.5. The number of anilines is 1. The Bertz CT molecular complexity index is 770. The predicted molar refractivity (Wildman–Crippen MR) is 85.7 cm³/mol. The highest BCUT2D eigenvalue weighted by molar-refractivity contribution is 9.11. The predicted octanol–water partition coefficient (Wildman–Crippen LogP) is 3.90. The number of nitro benzene ring substituents is 1. The van der Waals surface area contributed by atoms with Gasteiger partial charge < -0.3 is 0 Å². The largest absolute Gasteiger partial charge is 0.273 e. The normalized spacial score (nSPS) is 11.4. The number of nitro groups is 1. The lowest BCUT2D eigenvalue weighted by Gasteiger charge is -2.18. The van der Waals surface area contributed by atoms with E-state index in [0.29, 0.717) is 14.5 Å². The Morgan fingerprint density at radius 3 is 2.33 bits per heavy atom. The fourth-order valence-corrected chi connectivity index (χ4v) is 5.28. The second kappa shape index (κ2) is 5.91. The zero-order valence-electron chi connectivity index (χ0n) is 10.5. The number of hydrogen-bond donors (Lipinski definition) is 0. The number of rotatable bonds is 4. The first-order chi connectivity index (χ1) is 9.73. The summed E-state index contributed by atoms with van der Waals surface area (Å²) >= 11 is 10.0. The lowest BCUT2D eigenvalue weighted by Crippen LogP contribution is -2.25. The molecule has 1 aromatic heterocycles. The summed E-state index contributed by atoms with van der Waals surface area (Å²) in [4.78, 5) is 10.0. The number of sulfonamides is 1. The first kappa shape index (κ1) is 16.2. The smallest absolute Gasteiger partial charge is 0.269 e. The number of nitrogens with zero attached hydrogens (tertiary/aromatic N) is 2. The summed E-state index contributed by atoms with van der Waals surface area (Å²) in [6.07, 6.45) is 0. The second-order valence-electron chi connectivity index (χ2n) is 3.93. The lowest BCUT2D eigenvalue weighted by atomic mass is 10.3. The van der Waals surface area contributed by atoms with Gasteiger partial charge in [0.05, 0.1) is 19.4 Å². The van der Waals surface area contributed by atoms with Crippen molar-refractivity contribution in [2.45, 2.75) is 4.21 Å². The maximum atomic E-state index is 12.4. The Morgan fingerprint density at radius 2 is 1.90 bits per heavy atom. The Labute approximate surface area is 138 Å². The van der Waals surface area contributed by atoms with E-state index >= 15 is 0 Å². The van der Waals surface area contributed by atoms with Crippen LogP contribution >= 0.6 is 38.9 Å². The van der Waals surface area contributed by atoms with Gasteiger partial charge in [0.15, 0.2) is 0 Å². The van der Waals surface area contributed by atoms with E-state index in [4.69, 9.17) is 11.6 Å². The van der Waals surface area contributed by atoms with Crippen LogP contribution in [0.2, 0.25) is 5.02 Å². The van der Waals surface area contributed by atoms with Gasteiger partial charge in [-0.25, -0.2) is 8.42 Å². The minimum atomic E-state index is -3.76. The van der Waals surface area contributed by atoms with Crippen LogP contribution in [0, 0.1) is 10.1 Å². The summed E-state index contributed by atoms with van der Waals surface area (Å²) in [5, 5.41) is 10.9. The van der Waals surface area contributed by atoms with Gasteiger partial charge in [0.2, 0.25) is 0 Å². The first-order valence-corrected chi connectivity index (χ1v) is 8.84. The van der Waals surface area contributed by atoms with Crippen molar-refractivity contribution in [2.24, 2.45) is 0 Å². The molecule has 10 heteroatoms. The quantitative estimate of drug-likeness (QED) is 0.564. The molecule has 0 amide bonds. The number of halogens is 2. The van der Waals surface area contributed by atoms with E-state index in [1.54, 1.807) is 0 Å². The van der Waals surface area contributed by atoms with Crippen LogP contribution in [0.5, 0.6) is 0 Å².